The van der Waals surface area contributed by atoms with E-state index in [2.05, 4.69) is 65.6 Å². The van der Waals surface area contributed by atoms with Gasteiger partial charge in [0.25, 0.3) is 0 Å². The van der Waals surface area contributed by atoms with Crippen LogP contribution >= 0.6 is 0 Å². The van der Waals surface area contributed by atoms with Crippen molar-refractivity contribution in [3.8, 4) is 23.0 Å². The summed E-state index contributed by atoms with van der Waals surface area (Å²) in [6, 6.07) is 33.5. The van der Waals surface area contributed by atoms with Crippen molar-refractivity contribution in [2.24, 2.45) is 0 Å². The maximum atomic E-state index is 5.91. The Morgan fingerprint density at radius 1 is 0.600 bits per heavy atom. The van der Waals surface area contributed by atoms with Gasteiger partial charge in [-0.1, -0.05) is 54.6 Å². The number of rotatable bonds is 14. The lowest BCUT2D eigenvalue weighted by Crippen LogP contribution is -2.25. The summed E-state index contributed by atoms with van der Waals surface area (Å²) in [6.45, 7) is 6.65. The van der Waals surface area contributed by atoms with E-state index < -0.39 is 0 Å². The van der Waals surface area contributed by atoms with E-state index in [4.69, 9.17) is 18.9 Å². The molecule has 4 rings (SSSR count). The first kappa shape index (κ1) is 29.0. The van der Waals surface area contributed by atoms with Gasteiger partial charge < -0.3 is 18.9 Å². The Morgan fingerprint density at radius 2 is 1.12 bits per heavy atom. The molecule has 0 radical (unpaired) electrons. The van der Waals surface area contributed by atoms with Gasteiger partial charge in [0.2, 0.25) is 0 Å². The molecule has 0 spiro atoms. The lowest BCUT2D eigenvalue weighted by molar-refractivity contribution is 0.242. The van der Waals surface area contributed by atoms with Gasteiger partial charge in [-0.25, -0.2) is 0 Å². The number of para-hydroxylation sites is 1. The van der Waals surface area contributed by atoms with Gasteiger partial charge in [0.15, 0.2) is 0 Å². The summed E-state index contributed by atoms with van der Waals surface area (Å²) in [4.78, 5) is 2.50. The second kappa shape index (κ2) is 14.4. The predicted molar refractivity (Wildman–Crippen MR) is 162 cm³/mol. The Bertz CT molecular complexity index is 1250. The van der Waals surface area contributed by atoms with Crippen LogP contribution in [-0.2, 0) is 13.1 Å². The van der Waals surface area contributed by atoms with E-state index in [-0.39, 0.29) is 12.0 Å². The first-order chi connectivity index (χ1) is 19.5. The molecule has 1 atom stereocenters. The SMILES string of the molecule is COc1ccc(CN(CCC(c2ccc(OC(C)C)cc2)c2ccccc2OC)Cc2ccc(OC)cc2)cc1. The number of nitrogens with zero attached hydrogens (tertiary/aromatic N) is 1. The number of hydrogen-bond donors (Lipinski definition) is 0. The Morgan fingerprint density at radius 3 is 1.62 bits per heavy atom. The molecule has 0 saturated carbocycles. The number of hydrogen-bond acceptors (Lipinski definition) is 5. The Balaban J connectivity index is 1.60. The summed E-state index contributed by atoms with van der Waals surface area (Å²) < 4.78 is 22.5. The Hall–Kier alpha value is -3.96. The molecule has 0 aromatic heterocycles. The van der Waals surface area contributed by atoms with Gasteiger partial charge in [0.05, 0.1) is 27.4 Å². The van der Waals surface area contributed by atoms with Crippen LogP contribution in [0.2, 0.25) is 0 Å². The van der Waals surface area contributed by atoms with Crippen LogP contribution in [-0.4, -0.2) is 38.9 Å². The number of methoxy groups -OCH3 is 3. The van der Waals surface area contributed by atoms with E-state index in [1.807, 2.05) is 50.2 Å². The highest BCUT2D eigenvalue weighted by Gasteiger charge is 2.20. The fraction of sp³-hybridized carbons (Fsp3) is 0.314. The van der Waals surface area contributed by atoms with Gasteiger partial charge in [-0.05, 0) is 86.0 Å². The zero-order valence-electron chi connectivity index (χ0n) is 24.3. The van der Waals surface area contributed by atoms with Gasteiger partial charge in [-0.3, -0.25) is 4.90 Å². The van der Waals surface area contributed by atoms with Crippen molar-refractivity contribution in [3.63, 3.8) is 0 Å². The standard InChI is InChI=1S/C35H41NO4/c1-26(2)40-32-20-14-29(15-21-32)33(34-8-6-7-9-35(34)39-5)22-23-36(24-27-10-16-30(37-3)17-11-27)25-28-12-18-31(38-4)19-13-28/h6-21,26,33H,22-25H2,1-5H3. The summed E-state index contributed by atoms with van der Waals surface area (Å²) in [5.41, 5.74) is 4.93. The van der Waals surface area contributed by atoms with Crippen molar-refractivity contribution in [1.82, 2.24) is 4.90 Å². The molecule has 0 amide bonds. The van der Waals surface area contributed by atoms with Crippen LogP contribution < -0.4 is 18.9 Å². The molecule has 0 aliphatic rings. The average molecular weight is 540 g/mol. The highest BCUT2D eigenvalue weighted by Crippen LogP contribution is 2.35. The summed E-state index contributed by atoms with van der Waals surface area (Å²) >= 11 is 0. The highest BCUT2D eigenvalue weighted by atomic mass is 16.5. The normalized spacial score (nSPS) is 11.9. The lowest BCUT2D eigenvalue weighted by atomic mass is 9.87. The maximum absolute atomic E-state index is 5.91. The van der Waals surface area contributed by atoms with E-state index in [1.165, 1.54) is 22.3 Å². The second-order valence-corrected chi connectivity index (χ2v) is 10.2. The minimum Gasteiger partial charge on any atom is -0.497 e. The molecular weight excluding hydrogens is 498 g/mol. The summed E-state index contributed by atoms with van der Waals surface area (Å²) in [6.07, 6.45) is 1.07. The van der Waals surface area contributed by atoms with Crippen LogP contribution in [0.3, 0.4) is 0 Å². The van der Waals surface area contributed by atoms with Crippen molar-refractivity contribution in [1.29, 1.82) is 0 Å². The van der Waals surface area contributed by atoms with Gasteiger partial charge >= 0.3 is 0 Å². The molecule has 0 bridgehead atoms. The predicted octanol–water partition coefficient (Wildman–Crippen LogP) is 7.72. The van der Waals surface area contributed by atoms with Crippen LogP contribution in [0.15, 0.2) is 97.1 Å². The van der Waals surface area contributed by atoms with Crippen LogP contribution in [0, 0.1) is 0 Å². The van der Waals surface area contributed by atoms with E-state index in [9.17, 15) is 0 Å². The summed E-state index contributed by atoms with van der Waals surface area (Å²) in [7, 11) is 5.14. The van der Waals surface area contributed by atoms with Crippen molar-refractivity contribution >= 4 is 0 Å². The van der Waals surface area contributed by atoms with Crippen LogP contribution in [0.25, 0.3) is 0 Å². The molecule has 4 aromatic rings. The fourth-order valence-electron chi connectivity index (χ4n) is 5.01. The topological polar surface area (TPSA) is 40.2 Å². The van der Waals surface area contributed by atoms with Crippen LogP contribution in [0.1, 0.15) is 48.4 Å². The molecule has 5 nitrogen and oxygen atoms in total. The third-order valence-electron chi connectivity index (χ3n) is 7.03. The molecule has 5 heteroatoms. The molecule has 1 unspecified atom stereocenters. The van der Waals surface area contributed by atoms with E-state index in [0.29, 0.717) is 0 Å². The van der Waals surface area contributed by atoms with Gasteiger partial charge in [-0.15, -0.1) is 0 Å². The third-order valence-corrected chi connectivity index (χ3v) is 7.03. The third kappa shape index (κ3) is 8.03. The average Bonchev–Trinajstić information content (AvgIpc) is 2.98. The van der Waals surface area contributed by atoms with Gasteiger partial charge in [0.1, 0.15) is 23.0 Å². The molecule has 0 aliphatic heterocycles. The molecule has 210 valence electrons. The second-order valence-electron chi connectivity index (χ2n) is 10.2. The quantitative estimate of drug-likeness (QED) is 0.164. The Kier molecular flexibility index (Phi) is 10.5. The van der Waals surface area contributed by atoms with Crippen molar-refractivity contribution in [3.05, 3.63) is 119 Å². The molecule has 0 aliphatic carbocycles. The van der Waals surface area contributed by atoms with Crippen molar-refractivity contribution in [2.45, 2.75) is 45.4 Å². The lowest BCUT2D eigenvalue weighted by Gasteiger charge is -2.27. The Labute approximate surface area is 239 Å². The maximum Gasteiger partial charge on any atom is 0.122 e. The first-order valence-corrected chi connectivity index (χ1v) is 13.9. The van der Waals surface area contributed by atoms with Crippen LogP contribution in [0.5, 0.6) is 23.0 Å². The first-order valence-electron chi connectivity index (χ1n) is 13.9. The van der Waals surface area contributed by atoms with Crippen LogP contribution in [0.4, 0.5) is 0 Å². The molecule has 40 heavy (non-hydrogen) atoms. The molecular formula is C35H41NO4. The minimum atomic E-state index is 0.139. The van der Waals surface area contributed by atoms with E-state index in [1.54, 1.807) is 21.3 Å². The minimum absolute atomic E-state index is 0.139. The fourth-order valence-corrected chi connectivity index (χ4v) is 5.01. The van der Waals surface area contributed by atoms with Gasteiger partial charge in [0, 0.05) is 24.6 Å². The molecule has 0 saturated heterocycles. The summed E-state index contributed by atoms with van der Waals surface area (Å²) in [5.74, 6) is 3.70. The zero-order valence-corrected chi connectivity index (χ0v) is 24.3. The smallest absolute Gasteiger partial charge is 0.122 e. The monoisotopic (exact) mass is 539 g/mol. The van der Waals surface area contributed by atoms with E-state index in [0.717, 1.165) is 49.1 Å². The van der Waals surface area contributed by atoms with Crippen molar-refractivity contribution < 1.29 is 18.9 Å². The summed E-state index contributed by atoms with van der Waals surface area (Å²) in [5, 5.41) is 0. The molecule has 4 aromatic carbocycles. The number of ether oxygens (including phenoxy) is 4. The van der Waals surface area contributed by atoms with Gasteiger partial charge in [-0.2, -0.15) is 0 Å². The van der Waals surface area contributed by atoms with Crippen molar-refractivity contribution in [2.75, 3.05) is 27.9 Å². The largest absolute Gasteiger partial charge is 0.497 e. The molecule has 0 N–H and O–H groups in total. The highest BCUT2D eigenvalue weighted by molar-refractivity contribution is 5.43. The zero-order chi connectivity index (χ0) is 28.3. The molecule has 0 heterocycles. The van der Waals surface area contributed by atoms with E-state index >= 15 is 0 Å². The number of benzene rings is 4. The molecule has 0 fully saturated rings.